The van der Waals surface area contributed by atoms with Gasteiger partial charge >= 0.3 is 0 Å². The van der Waals surface area contributed by atoms with Crippen molar-refractivity contribution >= 4 is 11.6 Å². The fourth-order valence-corrected chi connectivity index (χ4v) is 1.85. The van der Waals surface area contributed by atoms with Crippen LogP contribution in [0.3, 0.4) is 0 Å². The standard InChI is InChI=1S/C15H15NO4/c1-9-6-7-10(12(18)8-9)16-15(19)14-11(17)4-3-5-13(14)20-2/h3-8,17-18H,1-2H3,(H,16,19). The molecule has 104 valence electrons. The third-order valence-corrected chi connectivity index (χ3v) is 2.85. The Balaban J connectivity index is 2.33. The number of nitrogens with one attached hydrogen (secondary N) is 1. The third kappa shape index (κ3) is 2.66. The van der Waals surface area contributed by atoms with Gasteiger partial charge in [-0.1, -0.05) is 12.1 Å². The quantitative estimate of drug-likeness (QED) is 0.751. The average molecular weight is 273 g/mol. The van der Waals surface area contributed by atoms with Crippen LogP contribution in [0, 0.1) is 6.92 Å². The summed E-state index contributed by atoms with van der Waals surface area (Å²) in [6.45, 7) is 1.83. The van der Waals surface area contributed by atoms with Gasteiger partial charge in [0.05, 0.1) is 12.8 Å². The van der Waals surface area contributed by atoms with Gasteiger partial charge in [-0.2, -0.15) is 0 Å². The summed E-state index contributed by atoms with van der Waals surface area (Å²) in [6, 6.07) is 9.44. The number of phenolic OH excluding ortho intramolecular Hbond substituents is 2. The van der Waals surface area contributed by atoms with Crippen molar-refractivity contribution in [3.8, 4) is 17.2 Å². The molecule has 0 saturated carbocycles. The van der Waals surface area contributed by atoms with Gasteiger partial charge in [-0.05, 0) is 36.8 Å². The molecule has 0 spiro atoms. The number of hydrogen-bond donors (Lipinski definition) is 3. The highest BCUT2D eigenvalue weighted by Gasteiger charge is 2.18. The van der Waals surface area contributed by atoms with Gasteiger partial charge in [-0.15, -0.1) is 0 Å². The van der Waals surface area contributed by atoms with E-state index < -0.39 is 5.91 Å². The zero-order valence-electron chi connectivity index (χ0n) is 11.2. The third-order valence-electron chi connectivity index (χ3n) is 2.85. The van der Waals surface area contributed by atoms with E-state index in [9.17, 15) is 15.0 Å². The van der Waals surface area contributed by atoms with Gasteiger partial charge < -0.3 is 20.3 Å². The Labute approximate surface area is 116 Å². The Hall–Kier alpha value is -2.69. The fourth-order valence-electron chi connectivity index (χ4n) is 1.85. The van der Waals surface area contributed by atoms with Gasteiger partial charge in [-0.3, -0.25) is 4.79 Å². The second-order valence-corrected chi connectivity index (χ2v) is 4.33. The van der Waals surface area contributed by atoms with Crippen molar-refractivity contribution in [3.05, 3.63) is 47.5 Å². The van der Waals surface area contributed by atoms with Crippen LogP contribution in [0.4, 0.5) is 5.69 Å². The summed E-state index contributed by atoms with van der Waals surface area (Å²) in [6.07, 6.45) is 0. The summed E-state index contributed by atoms with van der Waals surface area (Å²) in [5.41, 5.74) is 1.17. The highest BCUT2D eigenvalue weighted by atomic mass is 16.5. The number of methoxy groups -OCH3 is 1. The molecule has 0 aliphatic rings. The summed E-state index contributed by atoms with van der Waals surface area (Å²) in [7, 11) is 1.41. The smallest absolute Gasteiger partial charge is 0.263 e. The Kier molecular flexibility index (Phi) is 3.79. The first-order chi connectivity index (χ1) is 9.52. The van der Waals surface area contributed by atoms with Crippen molar-refractivity contribution in [2.45, 2.75) is 6.92 Å². The summed E-state index contributed by atoms with van der Waals surface area (Å²) in [5, 5.41) is 22.1. The fraction of sp³-hybridized carbons (Fsp3) is 0.133. The molecule has 5 heteroatoms. The number of carbonyl (C=O) groups is 1. The molecule has 0 atom stereocenters. The maximum atomic E-state index is 12.2. The maximum Gasteiger partial charge on any atom is 0.263 e. The highest BCUT2D eigenvalue weighted by molar-refractivity contribution is 6.08. The predicted octanol–water partition coefficient (Wildman–Crippen LogP) is 2.67. The van der Waals surface area contributed by atoms with E-state index >= 15 is 0 Å². The van der Waals surface area contributed by atoms with E-state index in [1.807, 2.05) is 6.92 Å². The number of rotatable bonds is 3. The highest BCUT2D eigenvalue weighted by Crippen LogP contribution is 2.30. The van der Waals surface area contributed by atoms with Gasteiger partial charge in [0.1, 0.15) is 22.8 Å². The molecule has 0 aromatic heterocycles. The van der Waals surface area contributed by atoms with E-state index in [4.69, 9.17) is 4.74 Å². The molecule has 0 heterocycles. The molecular weight excluding hydrogens is 258 g/mol. The second-order valence-electron chi connectivity index (χ2n) is 4.33. The lowest BCUT2D eigenvalue weighted by Crippen LogP contribution is -2.13. The molecule has 5 nitrogen and oxygen atoms in total. The number of hydrogen-bond acceptors (Lipinski definition) is 4. The number of amides is 1. The first-order valence-corrected chi connectivity index (χ1v) is 6.00. The van der Waals surface area contributed by atoms with Crippen LogP contribution in [-0.2, 0) is 0 Å². The second kappa shape index (κ2) is 5.52. The van der Waals surface area contributed by atoms with E-state index in [0.29, 0.717) is 0 Å². The van der Waals surface area contributed by atoms with Crippen molar-refractivity contribution in [3.63, 3.8) is 0 Å². The van der Waals surface area contributed by atoms with Gasteiger partial charge in [0, 0.05) is 0 Å². The van der Waals surface area contributed by atoms with Gasteiger partial charge in [-0.25, -0.2) is 0 Å². The topological polar surface area (TPSA) is 78.8 Å². The summed E-state index contributed by atoms with van der Waals surface area (Å²) in [4.78, 5) is 12.2. The van der Waals surface area contributed by atoms with Crippen molar-refractivity contribution in [2.75, 3.05) is 12.4 Å². The molecule has 0 bridgehead atoms. The van der Waals surface area contributed by atoms with Crippen molar-refractivity contribution in [2.24, 2.45) is 0 Å². The Bertz CT molecular complexity index is 652. The molecule has 0 aliphatic heterocycles. The monoisotopic (exact) mass is 273 g/mol. The predicted molar refractivity (Wildman–Crippen MR) is 75.5 cm³/mol. The van der Waals surface area contributed by atoms with Crippen LogP contribution in [0.1, 0.15) is 15.9 Å². The molecule has 3 N–H and O–H groups in total. The number of carbonyl (C=O) groups excluding carboxylic acids is 1. The van der Waals surface area contributed by atoms with E-state index in [-0.39, 0.29) is 28.5 Å². The normalized spacial score (nSPS) is 10.1. The maximum absolute atomic E-state index is 12.2. The number of aromatic hydroxyl groups is 2. The molecule has 0 radical (unpaired) electrons. The number of anilines is 1. The molecule has 1 amide bonds. The minimum Gasteiger partial charge on any atom is -0.507 e. The van der Waals surface area contributed by atoms with Crippen molar-refractivity contribution in [1.29, 1.82) is 0 Å². The van der Waals surface area contributed by atoms with Gasteiger partial charge in [0.15, 0.2) is 0 Å². The largest absolute Gasteiger partial charge is 0.507 e. The lowest BCUT2D eigenvalue weighted by Gasteiger charge is -2.12. The first kappa shape index (κ1) is 13.7. The lowest BCUT2D eigenvalue weighted by atomic mass is 10.1. The van der Waals surface area contributed by atoms with Crippen LogP contribution < -0.4 is 10.1 Å². The summed E-state index contributed by atoms with van der Waals surface area (Å²) in [5.74, 6) is -0.519. The van der Waals surface area contributed by atoms with E-state index in [1.54, 1.807) is 24.3 Å². The molecule has 20 heavy (non-hydrogen) atoms. The van der Waals surface area contributed by atoms with E-state index in [0.717, 1.165) is 5.56 Å². The Morgan fingerprint density at radius 2 is 1.90 bits per heavy atom. The summed E-state index contributed by atoms with van der Waals surface area (Å²) < 4.78 is 5.05. The van der Waals surface area contributed by atoms with Crippen LogP contribution >= 0.6 is 0 Å². The van der Waals surface area contributed by atoms with Crippen molar-refractivity contribution < 1.29 is 19.7 Å². The minimum atomic E-state index is -0.556. The Morgan fingerprint density at radius 3 is 2.55 bits per heavy atom. The molecule has 0 fully saturated rings. The number of phenols is 2. The molecule has 2 rings (SSSR count). The SMILES string of the molecule is COc1cccc(O)c1C(=O)Nc1ccc(C)cc1O. The zero-order valence-corrected chi connectivity index (χ0v) is 11.2. The number of aryl methyl sites for hydroxylation is 1. The molecule has 0 aliphatic carbocycles. The zero-order chi connectivity index (χ0) is 14.7. The molecule has 0 saturated heterocycles. The van der Waals surface area contributed by atoms with E-state index in [2.05, 4.69) is 5.32 Å². The lowest BCUT2D eigenvalue weighted by molar-refractivity contribution is 0.102. The molecule has 2 aromatic carbocycles. The van der Waals surface area contributed by atoms with Crippen LogP contribution in [0.25, 0.3) is 0 Å². The van der Waals surface area contributed by atoms with Gasteiger partial charge in [0.25, 0.3) is 5.91 Å². The van der Waals surface area contributed by atoms with Crippen LogP contribution in [0.2, 0.25) is 0 Å². The number of benzene rings is 2. The van der Waals surface area contributed by atoms with Crippen LogP contribution in [-0.4, -0.2) is 23.2 Å². The first-order valence-electron chi connectivity index (χ1n) is 6.00. The Morgan fingerprint density at radius 1 is 1.15 bits per heavy atom. The minimum absolute atomic E-state index is 0.0231. The van der Waals surface area contributed by atoms with Crippen molar-refractivity contribution in [1.82, 2.24) is 0 Å². The molecular formula is C15H15NO4. The molecule has 0 unspecified atom stereocenters. The summed E-state index contributed by atoms with van der Waals surface area (Å²) >= 11 is 0. The molecule has 2 aromatic rings. The van der Waals surface area contributed by atoms with E-state index in [1.165, 1.54) is 19.2 Å². The average Bonchev–Trinajstić information content (AvgIpc) is 2.41. The van der Waals surface area contributed by atoms with Gasteiger partial charge in [0.2, 0.25) is 0 Å². The number of ether oxygens (including phenoxy) is 1. The van der Waals surface area contributed by atoms with Crippen LogP contribution in [0.15, 0.2) is 36.4 Å². The van der Waals surface area contributed by atoms with Crippen LogP contribution in [0.5, 0.6) is 17.2 Å².